The first kappa shape index (κ1) is 13.4. The van der Waals surface area contributed by atoms with Gasteiger partial charge >= 0.3 is 0 Å². The number of hydrogen-bond acceptors (Lipinski definition) is 2. The Morgan fingerprint density at radius 1 is 1.21 bits per heavy atom. The van der Waals surface area contributed by atoms with Gasteiger partial charge < -0.3 is 0 Å². The van der Waals surface area contributed by atoms with E-state index in [0.29, 0.717) is 0 Å². The number of benzene rings is 1. The van der Waals surface area contributed by atoms with Crippen LogP contribution in [0.15, 0.2) is 29.2 Å². The van der Waals surface area contributed by atoms with Gasteiger partial charge in [-0.3, -0.25) is 4.55 Å². The number of aryl methyl sites for hydroxylation is 1. The molecule has 0 saturated heterocycles. The van der Waals surface area contributed by atoms with Crippen LogP contribution in [0.25, 0.3) is 0 Å². The molecule has 0 atom stereocenters. The van der Waals surface area contributed by atoms with Gasteiger partial charge in [-0.1, -0.05) is 25.5 Å². The third-order valence-electron chi connectivity index (χ3n) is 1.76. The normalized spacial score (nSPS) is 10.7. The van der Waals surface area contributed by atoms with E-state index in [0.717, 1.165) is 18.4 Å². The van der Waals surface area contributed by atoms with Gasteiger partial charge in [-0.15, -0.1) is 12.4 Å². The van der Waals surface area contributed by atoms with Crippen LogP contribution in [0.2, 0.25) is 0 Å². The second-order valence-corrected chi connectivity index (χ2v) is 4.29. The summed E-state index contributed by atoms with van der Waals surface area (Å²) in [5.74, 6) is 0. The van der Waals surface area contributed by atoms with E-state index in [9.17, 15) is 8.42 Å². The molecule has 0 radical (unpaired) electrons. The highest BCUT2D eigenvalue weighted by atomic mass is 35.5. The molecule has 0 saturated carbocycles. The van der Waals surface area contributed by atoms with E-state index in [1.54, 1.807) is 12.1 Å². The Bertz CT molecular complexity index is 370. The lowest BCUT2D eigenvalue weighted by molar-refractivity contribution is 0.483. The largest absolute Gasteiger partial charge is 0.294 e. The maximum atomic E-state index is 10.7. The van der Waals surface area contributed by atoms with E-state index in [1.807, 2.05) is 0 Å². The summed E-state index contributed by atoms with van der Waals surface area (Å²) in [7, 11) is -4.03. The zero-order valence-corrected chi connectivity index (χ0v) is 9.44. The molecule has 80 valence electrons. The van der Waals surface area contributed by atoms with Crippen LogP contribution >= 0.6 is 12.4 Å². The summed E-state index contributed by atoms with van der Waals surface area (Å²) in [5.41, 5.74) is 1.08. The predicted molar refractivity (Wildman–Crippen MR) is 57.5 cm³/mol. The van der Waals surface area contributed by atoms with Crippen LogP contribution in [0.3, 0.4) is 0 Å². The van der Waals surface area contributed by atoms with Crippen LogP contribution in [0, 0.1) is 0 Å². The van der Waals surface area contributed by atoms with Crippen molar-refractivity contribution in [3.05, 3.63) is 29.8 Å². The summed E-state index contributed by atoms with van der Waals surface area (Å²) >= 11 is 0. The van der Waals surface area contributed by atoms with Gasteiger partial charge in [0, 0.05) is 0 Å². The van der Waals surface area contributed by atoms with Crippen LogP contribution in [0.4, 0.5) is 0 Å². The zero-order valence-electron chi connectivity index (χ0n) is 7.80. The first-order chi connectivity index (χ1) is 6.04. The predicted octanol–water partition coefficient (Wildman–Crippen LogP) is 2.31. The molecule has 3 nitrogen and oxygen atoms in total. The third kappa shape index (κ3) is 3.65. The average Bonchev–Trinajstić information content (AvgIpc) is 2.04. The Hall–Kier alpha value is -0.580. The van der Waals surface area contributed by atoms with Gasteiger partial charge in [-0.2, -0.15) is 8.42 Å². The number of halogens is 1. The van der Waals surface area contributed by atoms with Crippen molar-refractivity contribution in [2.45, 2.75) is 24.7 Å². The van der Waals surface area contributed by atoms with E-state index < -0.39 is 10.1 Å². The minimum Gasteiger partial charge on any atom is -0.282 e. The maximum absolute atomic E-state index is 10.7. The van der Waals surface area contributed by atoms with Crippen molar-refractivity contribution >= 4 is 22.5 Å². The van der Waals surface area contributed by atoms with Crippen LogP contribution in [0.5, 0.6) is 0 Å². The minimum absolute atomic E-state index is 0. The molecular formula is C9H13ClO3S. The molecule has 0 unspecified atom stereocenters. The summed E-state index contributed by atoms with van der Waals surface area (Å²) < 4.78 is 30.0. The molecule has 14 heavy (non-hydrogen) atoms. The average molecular weight is 237 g/mol. The smallest absolute Gasteiger partial charge is 0.282 e. The van der Waals surface area contributed by atoms with Gasteiger partial charge in [-0.25, -0.2) is 0 Å². The van der Waals surface area contributed by atoms with Crippen molar-refractivity contribution < 1.29 is 13.0 Å². The monoisotopic (exact) mass is 236 g/mol. The Balaban J connectivity index is 0.00000169. The first-order valence-corrected chi connectivity index (χ1v) is 5.54. The molecule has 0 aliphatic rings. The van der Waals surface area contributed by atoms with Crippen molar-refractivity contribution in [3.8, 4) is 0 Å². The standard InChI is InChI=1S/C9H12O3S.ClH/c1-2-3-8-4-6-9(7-5-8)13(10,11)12;/h4-7H,2-3H2,1H3,(H,10,11,12);1H. The zero-order chi connectivity index (χ0) is 9.90. The van der Waals surface area contributed by atoms with Crippen molar-refractivity contribution in [2.24, 2.45) is 0 Å². The number of rotatable bonds is 3. The molecular weight excluding hydrogens is 224 g/mol. The molecule has 5 heteroatoms. The molecule has 0 spiro atoms. The number of hydrogen-bond donors (Lipinski definition) is 1. The highest BCUT2D eigenvalue weighted by Crippen LogP contribution is 2.10. The Labute approximate surface area is 90.3 Å². The van der Waals surface area contributed by atoms with Gasteiger partial charge in [0.25, 0.3) is 10.1 Å². The second-order valence-electron chi connectivity index (χ2n) is 2.87. The molecule has 0 fully saturated rings. The Morgan fingerprint density at radius 3 is 2.07 bits per heavy atom. The lowest BCUT2D eigenvalue weighted by Gasteiger charge is -1.99. The van der Waals surface area contributed by atoms with E-state index in [-0.39, 0.29) is 17.3 Å². The van der Waals surface area contributed by atoms with Gasteiger partial charge in [0.2, 0.25) is 0 Å². The summed E-state index contributed by atoms with van der Waals surface area (Å²) in [6, 6.07) is 6.26. The molecule has 0 amide bonds. The fourth-order valence-corrected chi connectivity index (χ4v) is 1.60. The van der Waals surface area contributed by atoms with Gasteiger partial charge in [0.15, 0.2) is 0 Å². The van der Waals surface area contributed by atoms with Gasteiger partial charge in [0.05, 0.1) is 4.90 Å². The molecule has 1 aromatic rings. The lowest BCUT2D eigenvalue weighted by Crippen LogP contribution is -1.97. The fourth-order valence-electron chi connectivity index (χ4n) is 1.12. The Morgan fingerprint density at radius 2 is 1.71 bits per heavy atom. The summed E-state index contributed by atoms with van der Waals surface area (Å²) in [6.45, 7) is 2.05. The highest BCUT2D eigenvalue weighted by molar-refractivity contribution is 7.85. The van der Waals surface area contributed by atoms with Crippen molar-refractivity contribution in [1.82, 2.24) is 0 Å². The summed E-state index contributed by atoms with van der Waals surface area (Å²) in [4.78, 5) is -0.0487. The van der Waals surface area contributed by atoms with E-state index in [1.165, 1.54) is 12.1 Å². The van der Waals surface area contributed by atoms with Crippen molar-refractivity contribution in [2.75, 3.05) is 0 Å². The molecule has 0 aromatic heterocycles. The molecule has 0 aliphatic heterocycles. The SMILES string of the molecule is CCCc1ccc(S(=O)(=O)O)cc1.Cl. The summed E-state index contributed by atoms with van der Waals surface area (Å²) in [5, 5.41) is 0. The van der Waals surface area contributed by atoms with E-state index in [2.05, 4.69) is 6.92 Å². The second kappa shape index (κ2) is 5.34. The highest BCUT2D eigenvalue weighted by Gasteiger charge is 2.07. The Kier molecular flexibility index (Phi) is 5.12. The van der Waals surface area contributed by atoms with Crippen LogP contribution < -0.4 is 0 Å². The van der Waals surface area contributed by atoms with Crippen LogP contribution in [-0.4, -0.2) is 13.0 Å². The van der Waals surface area contributed by atoms with E-state index in [4.69, 9.17) is 4.55 Å². The van der Waals surface area contributed by atoms with Crippen LogP contribution in [-0.2, 0) is 16.5 Å². The lowest BCUT2D eigenvalue weighted by atomic mass is 10.1. The summed E-state index contributed by atoms with van der Waals surface area (Å²) in [6.07, 6.45) is 1.94. The molecule has 0 heterocycles. The fraction of sp³-hybridized carbons (Fsp3) is 0.333. The topological polar surface area (TPSA) is 54.4 Å². The maximum Gasteiger partial charge on any atom is 0.294 e. The van der Waals surface area contributed by atoms with Crippen LogP contribution in [0.1, 0.15) is 18.9 Å². The molecule has 0 bridgehead atoms. The van der Waals surface area contributed by atoms with Gasteiger partial charge in [-0.05, 0) is 24.1 Å². The quantitative estimate of drug-likeness (QED) is 0.820. The van der Waals surface area contributed by atoms with Gasteiger partial charge in [0.1, 0.15) is 0 Å². The molecule has 0 aliphatic carbocycles. The third-order valence-corrected chi connectivity index (χ3v) is 2.63. The minimum atomic E-state index is -4.03. The molecule has 1 rings (SSSR count). The van der Waals surface area contributed by atoms with E-state index >= 15 is 0 Å². The molecule has 1 aromatic carbocycles. The van der Waals surface area contributed by atoms with Crippen molar-refractivity contribution in [1.29, 1.82) is 0 Å². The van der Waals surface area contributed by atoms with Crippen molar-refractivity contribution in [3.63, 3.8) is 0 Å². The molecule has 1 N–H and O–H groups in total. The first-order valence-electron chi connectivity index (χ1n) is 4.10.